The fourth-order valence-corrected chi connectivity index (χ4v) is 2.50. The first-order valence-corrected chi connectivity index (χ1v) is 8.43. The van der Waals surface area contributed by atoms with E-state index in [-0.39, 0.29) is 5.41 Å². The van der Waals surface area contributed by atoms with E-state index in [2.05, 4.69) is 10.4 Å². The Kier molecular flexibility index (Phi) is 4.71. The lowest BCUT2D eigenvalue weighted by Crippen LogP contribution is -2.24. The molecule has 0 saturated carbocycles. The number of amides is 1. The predicted molar refractivity (Wildman–Crippen MR) is 102 cm³/mol. The summed E-state index contributed by atoms with van der Waals surface area (Å²) in [5.74, 6) is -0.798. The molecule has 0 aliphatic rings. The predicted octanol–water partition coefficient (Wildman–Crippen LogP) is 3.99. The van der Waals surface area contributed by atoms with Crippen LogP contribution in [0, 0.1) is 0 Å². The Balaban J connectivity index is 1.95. The number of Topliss-reactive ketones (excluding diaryl/α,β-unsaturated/α-hetero) is 1. The van der Waals surface area contributed by atoms with Crippen molar-refractivity contribution in [2.75, 3.05) is 5.32 Å². The minimum atomic E-state index is -0.686. The fraction of sp³-hybridized carbons (Fsp3) is 0.190. The maximum atomic E-state index is 12.5. The zero-order valence-electron chi connectivity index (χ0n) is 15.1. The topological polar surface area (TPSA) is 64.0 Å². The van der Waals surface area contributed by atoms with Gasteiger partial charge in [-0.2, -0.15) is 5.10 Å². The highest BCUT2D eigenvalue weighted by atomic mass is 16.2. The van der Waals surface area contributed by atoms with Crippen LogP contribution in [0.2, 0.25) is 0 Å². The van der Waals surface area contributed by atoms with Crippen molar-refractivity contribution in [1.29, 1.82) is 0 Å². The van der Waals surface area contributed by atoms with Crippen molar-refractivity contribution in [3.8, 4) is 5.69 Å². The largest absolute Gasteiger partial charge is 0.304 e. The summed E-state index contributed by atoms with van der Waals surface area (Å²) < 4.78 is 1.65. The zero-order valence-corrected chi connectivity index (χ0v) is 15.1. The molecule has 1 heterocycles. The number of nitrogens with zero attached hydrogens (tertiary/aromatic N) is 2. The summed E-state index contributed by atoms with van der Waals surface area (Å²) >= 11 is 0. The van der Waals surface area contributed by atoms with Gasteiger partial charge in [-0.05, 0) is 12.1 Å². The Morgan fingerprint density at radius 2 is 1.50 bits per heavy atom. The average molecular weight is 347 g/mol. The van der Waals surface area contributed by atoms with Crippen LogP contribution in [0.25, 0.3) is 5.69 Å². The SMILES string of the molecule is CC(C)(C)c1cc(NC(=O)C(=O)c2ccccc2)n(-c2ccccc2)n1. The summed E-state index contributed by atoms with van der Waals surface area (Å²) in [5, 5.41) is 7.34. The third-order valence-electron chi connectivity index (χ3n) is 3.96. The van der Waals surface area contributed by atoms with Gasteiger partial charge >= 0.3 is 0 Å². The third-order valence-corrected chi connectivity index (χ3v) is 3.96. The van der Waals surface area contributed by atoms with E-state index in [9.17, 15) is 9.59 Å². The number of nitrogens with one attached hydrogen (secondary N) is 1. The molecular formula is C21H21N3O2. The Bertz CT molecular complexity index is 923. The second-order valence-corrected chi connectivity index (χ2v) is 7.06. The fourth-order valence-electron chi connectivity index (χ4n) is 2.50. The summed E-state index contributed by atoms with van der Waals surface area (Å²) in [5.41, 5.74) is 1.80. The van der Waals surface area contributed by atoms with Gasteiger partial charge in [0, 0.05) is 17.0 Å². The Labute approximate surface area is 152 Å². The molecule has 132 valence electrons. The number of hydrogen-bond donors (Lipinski definition) is 1. The summed E-state index contributed by atoms with van der Waals surface area (Å²) in [7, 11) is 0. The van der Waals surface area contributed by atoms with Crippen molar-refractivity contribution >= 4 is 17.5 Å². The number of para-hydroxylation sites is 1. The molecule has 0 saturated heterocycles. The molecule has 3 aromatic rings. The Hall–Kier alpha value is -3.21. The maximum Gasteiger partial charge on any atom is 0.297 e. The molecule has 0 bridgehead atoms. The van der Waals surface area contributed by atoms with E-state index in [0.29, 0.717) is 11.4 Å². The molecule has 0 fully saturated rings. The van der Waals surface area contributed by atoms with Crippen LogP contribution in [0.3, 0.4) is 0 Å². The van der Waals surface area contributed by atoms with Crippen molar-refractivity contribution in [1.82, 2.24) is 9.78 Å². The van der Waals surface area contributed by atoms with Crippen LogP contribution in [0.4, 0.5) is 5.82 Å². The molecule has 0 spiro atoms. The normalized spacial score (nSPS) is 11.2. The van der Waals surface area contributed by atoms with Gasteiger partial charge in [-0.25, -0.2) is 4.68 Å². The van der Waals surface area contributed by atoms with E-state index >= 15 is 0 Å². The summed E-state index contributed by atoms with van der Waals surface area (Å²) in [6.45, 7) is 6.14. The molecule has 0 aliphatic heterocycles. The number of benzene rings is 2. The molecule has 0 atom stereocenters. The smallest absolute Gasteiger partial charge is 0.297 e. The van der Waals surface area contributed by atoms with Crippen molar-refractivity contribution in [2.45, 2.75) is 26.2 Å². The van der Waals surface area contributed by atoms with Gasteiger partial charge < -0.3 is 5.32 Å². The van der Waals surface area contributed by atoms with Crippen molar-refractivity contribution < 1.29 is 9.59 Å². The van der Waals surface area contributed by atoms with Crippen LogP contribution in [0.15, 0.2) is 66.7 Å². The summed E-state index contributed by atoms with van der Waals surface area (Å²) in [6, 6.07) is 19.8. The van der Waals surface area contributed by atoms with Gasteiger partial charge in [-0.3, -0.25) is 9.59 Å². The van der Waals surface area contributed by atoms with Crippen LogP contribution in [-0.4, -0.2) is 21.5 Å². The first-order chi connectivity index (χ1) is 12.4. The summed E-state index contributed by atoms with van der Waals surface area (Å²) in [6.07, 6.45) is 0. The molecule has 1 amide bonds. The Morgan fingerprint density at radius 3 is 2.08 bits per heavy atom. The highest BCUT2D eigenvalue weighted by Gasteiger charge is 2.23. The lowest BCUT2D eigenvalue weighted by Gasteiger charge is -2.14. The van der Waals surface area contributed by atoms with Crippen LogP contribution >= 0.6 is 0 Å². The van der Waals surface area contributed by atoms with Crippen LogP contribution in [0.1, 0.15) is 36.8 Å². The van der Waals surface area contributed by atoms with Crippen molar-refractivity contribution in [2.24, 2.45) is 0 Å². The van der Waals surface area contributed by atoms with Gasteiger partial charge in [0.25, 0.3) is 11.7 Å². The van der Waals surface area contributed by atoms with Crippen LogP contribution < -0.4 is 5.32 Å². The number of carbonyl (C=O) groups is 2. The monoisotopic (exact) mass is 347 g/mol. The standard InChI is InChI=1S/C21H21N3O2/c1-21(2,3)17-14-18(24(23-17)16-12-8-5-9-13-16)22-20(26)19(25)15-10-6-4-7-11-15/h4-14H,1-3H3,(H,22,26). The van der Waals surface area contributed by atoms with Crippen LogP contribution in [-0.2, 0) is 10.2 Å². The second kappa shape index (κ2) is 6.96. The number of hydrogen-bond acceptors (Lipinski definition) is 3. The number of anilines is 1. The molecule has 3 rings (SSSR count). The molecule has 5 heteroatoms. The first kappa shape index (κ1) is 17.6. The minimum Gasteiger partial charge on any atom is -0.304 e. The van der Waals surface area contributed by atoms with Gasteiger partial charge in [0.2, 0.25) is 0 Å². The molecule has 26 heavy (non-hydrogen) atoms. The van der Waals surface area contributed by atoms with Crippen LogP contribution in [0.5, 0.6) is 0 Å². The molecule has 1 aromatic heterocycles. The molecule has 1 N–H and O–H groups in total. The van der Waals surface area contributed by atoms with Gasteiger partial charge in [0.15, 0.2) is 0 Å². The lowest BCUT2D eigenvalue weighted by molar-refractivity contribution is -0.112. The number of rotatable bonds is 4. The molecule has 0 unspecified atom stereocenters. The summed E-state index contributed by atoms with van der Waals surface area (Å²) in [4.78, 5) is 24.8. The van der Waals surface area contributed by atoms with Gasteiger partial charge in [0.05, 0.1) is 11.4 Å². The van der Waals surface area contributed by atoms with E-state index in [0.717, 1.165) is 11.4 Å². The molecule has 2 aromatic carbocycles. The number of aromatic nitrogens is 2. The highest BCUT2D eigenvalue weighted by Crippen LogP contribution is 2.26. The van der Waals surface area contributed by atoms with Gasteiger partial charge in [-0.1, -0.05) is 69.3 Å². The van der Waals surface area contributed by atoms with E-state index in [1.165, 1.54) is 0 Å². The lowest BCUT2D eigenvalue weighted by atomic mass is 9.92. The first-order valence-electron chi connectivity index (χ1n) is 8.43. The molecular weight excluding hydrogens is 326 g/mol. The minimum absolute atomic E-state index is 0.192. The quantitative estimate of drug-likeness (QED) is 0.573. The number of ketones is 1. The van der Waals surface area contributed by atoms with Crippen molar-refractivity contribution in [3.05, 3.63) is 78.0 Å². The van der Waals surface area contributed by atoms with Gasteiger partial charge in [0.1, 0.15) is 5.82 Å². The van der Waals surface area contributed by atoms with E-state index in [1.807, 2.05) is 57.2 Å². The zero-order chi connectivity index (χ0) is 18.7. The van der Waals surface area contributed by atoms with Crippen molar-refractivity contribution in [3.63, 3.8) is 0 Å². The highest BCUT2D eigenvalue weighted by molar-refractivity contribution is 6.46. The Morgan fingerprint density at radius 1 is 0.923 bits per heavy atom. The molecule has 0 aliphatic carbocycles. The number of carbonyl (C=O) groups excluding carboxylic acids is 2. The van der Waals surface area contributed by atoms with E-state index in [4.69, 9.17) is 0 Å². The van der Waals surface area contributed by atoms with Gasteiger partial charge in [-0.15, -0.1) is 0 Å². The van der Waals surface area contributed by atoms with E-state index < -0.39 is 11.7 Å². The average Bonchev–Trinajstić information content (AvgIpc) is 3.06. The molecule has 5 nitrogen and oxygen atoms in total. The second-order valence-electron chi connectivity index (χ2n) is 7.06. The maximum absolute atomic E-state index is 12.5. The molecule has 0 radical (unpaired) electrons. The van der Waals surface area contributed by atoms with E-state index in [1.54, 1.807) is 35.0 Å². The third kappa shape index (κ3) is 3.72.